The van der Waals surface area contributed by atoms with E-state index in [2.05, 4.69) is 15.0 Å². The van der Waals surface area contributed by atoms with Gasteiger partial charge >= 0.3 is 0 Å². The fourth-order valence-electron chi connectivity index (χ4n) is 2.14. The summed E-state index contributed by atoms with van der Waals surface area (Å²) in [6.07, 6.45) is 3.24. The number of hydrogen-bond acceptors (Lipinski definition) is 5. The predicted octanol–water partition coefficient (Wildman–Crippen LogP) is 2.24. The van der Waals surface area contributed by atoms with Crippen molar-refractivity contribution in [2.75, 3.05) is 0 Å². The molecule has 90 valence electrons. The first kappa shape index (κ1) is 10.1. The number of fused-ring (bicyclic) bond motifs is 4. The van der Waals surface area contributed by atoms with Crippen molar-refractivity contribution in [2.45, 2.75) is 0 Å². The molecule has 1 aliphatic heterocycles. The Morgan fingerprint density at radius 1 is 1.05 bits per heavy atom. The van der Waals surface area contributed by atoms with Crippen LogP contribution in [0.2, 0.25) is 0 Å². The van der Waals surface area contributed by atoms with Crippen LogP contribution < -0.4 is 5.43 Å². The molecule has 5 nitrogen and oxygen atoms in total. The maximum absolute atomic E-state index is 12.0. The lowest BCUT2D eigenvalue weighted by Gasteiger charge is -2.07. The van der Waals surface area contributed by atoms with Crippen molar-refractivity contribution in [3.63, 3.8) is 0 Å². The molecule has 0 fully saturated rings. The van der Waals surface area contributed by atoms with Gasteiger partial charge in [-0.15, -0.1) is 0 Å². The molecule has 0 atom stereocenters. The molecule has 3 heterocycles. The van der Waals surface area contributed by atoms with Gasteiger partial charge in [-0.1, -0.05) is 0 Å². The van der Waals surface area contributed by atoms with Gasteiger partial charge in [0.1, 0.15) is 11.2 Å². The average molecular weight is 249 g/mol. The molecule has 19 heavy (non-hydrogen) atoms. The molecule has 0 saturated carbocycles. The van der Waals surface area contributed by atoms with Gasteiger partial charge < -0.3 is 4.42 Å². The van der Waals surface area contributed by atoms with Crippen LogP contribution in [0, 0.1) is 0 Å². The van der Waals surface area contributed by atoms with E-state index in [-0.39, 0.29) is 5.43 Å². The van der Waals surface area contributed by atoms with Crippen LogP contribution in [-0.4, -0.2) is 15.0 Å². The largest absolute Gasteiger partial charge is 0.451 e. The van der Waals surface area contributed by atoms with Gasteiger partial charge in [0.05, 0.1) is 0 Å². The van der Waals surface area contributed by atoms with Crippen LogP contribution in [0.3, 0.4) is 0 Å². The van der Waals surface area contributed by atoms with E-state index in [0.717, 1.165) is 0 Å². The predicted molar refractivity (Wildman–Crippen MR) is 70.0 cm³/mol. The second-order valence-electron chi connectivity index (χ2n) is 4.16. The summed E-state index contributed by atoms with van der Waals surface area (Å²) in [5.41, 5.74) is 1.90. The van der Waals surface area contributed by atoms with Gasteiger partial charge in [-0.25, -0.2) is 9.97 Å². The third-order valence-electron chi connectivity index (χ3n) is 2.98. The average Bonchev–Trinajstić information content (AvgIpc) is 2.46. The summed E-state index contributed by atoms with van der Waals surface area (Å²) in [5, 5.41) is 0.682. The third kappa shape index (κ3) is 1.41. The molecule has 0 radical (unpaired) electrons. The van der Waals surface area contributed by atoms with Crippen molar-refractivity contribution < 1.29 is 4.42 Å². The minimum atomic E-state index is -0.170. The van der Waals surface area contributed by atoms with Crippen molar-refractivity contribution in [3.05, 3.63) is 52.9 Å². The summed E-state index contributed by atoms with van der Waals surface area (Å²) < 4.78 is 5.68. The first-order valence-corrected chi connectivity index (χ1v) is 5.76. The zero-order valence-corrected chi connectivity index (χ0v) is 9.70. The van der Waals surface area contributed by atoms with Gasteiger partial charge in [-0.05, 0) is 24.3 Å². The van der Waals surface area contributed by atoms with Crippen molar-refractivity contribution in [2.24, 2.45) is 0 Å². The van der Waals surface area contributed by atoms with Gasteiger partial charge in [0.15, 0.2) is 17.0 Å². The SMILES string of the molecule is O=c1cc2oc3cccnc3nc-2c2cccnc12. The van der Waals surface area contributed by atoms with E-state index < -0.39 is 0 Å². The number of aromatic nitrogens is 3. The van der Waals surface area contributed by atoms with Crippen molar-refractivity contribution in [1.29, 1.82) is 0 Å². The first-order valence-electron chi connectivity index (χ1n) is 5.76. The summed E-state index contributed by atoms with van der Waals surface area (Å²) in [6, 6.07) is 8.53. The van der Waals surface area contributed by atoms with E-state index in [1.807, 2.05) is 6.07 Å². The highest BCUT2D eigenvalue weighted by Crippen LogP contribution is 2.28. The monoisotopic (exact) mass is 249 g/mol. The normalized spacial score (nSPS) is 11.4. The highest BCUT2D eigenvalue weighted by Gasteiger charge is 2.15. The van der Waals surface area contributed by atoms with Crippen LogP contribution in [0.5, 0.6) is 0 Å². The second-order valence-corrected chi connectivity index (χ2v) is 4.16. The first-order chi connectivity index (χ1) is 9.33. The zero-order chi connectivity index (χ0) is 12.8. The molecule has 0 bridgehead atoms. The molecule has 0 spiro atoms. The quantitative estimate of drug-likeness (QED) is 0.353. The molecule has 5 heteroatoms. The molecule has 2 aromatic heterocycles. The lowest BCUT2D eigenvalue weighted by molar-refractivity contribution is 0.612. The van der Waals surface area contributed by atoms with Gasteiger partial charge in [0, 0.05) is 23.8 Å². The standard InChI is InChI=1S/C14H7N3O2/c18-9-7-11-13(8-3-1-5-15-12(8)9)17-14-10(19-11)4-2-6-16-14/h1-7H. The lowest BCUT2D eigenvalue weighted by atomic mass is 10.1. The van der Waals surface area contributed by atoms with Gasteiger partial charge in [0.25, 0.3) is 0 Å². The molecular weight excluding hydrogens is 242 g/mol. The van der Waals surface area contributed by atoms with Crippen molar-refractivity contribution in [3.8, 4) is 11.5 Å². The maximum atomic E-state index is 12.0. The number of hydrogen-bond donors (Lipinski definition) is 0. The molecule has 0 unspecified atom stereocenters. The zero-order valence-electron chi connectivity index (χ0n) is 9.70. The van der Waals surface area contributed by atoms with E-state index in [1.54, 1.807) is 30.6 Å². The molecule has 0 N–H and O–H groups in total. The Balaban J connectivity index is 2.30. The van der Waals surface area contributed by atoms with E-state index in [1.165, 1.54) is 6.07 Å². The van der Waals surface area contributed by atoms with Crippen LogP contribution in [-0.2, 0) is 0 Å². The summed E-state index contributed by atoms with van der Waals surface area (Å²) in [4.78, 5) is 24.7. The van der Waals surface area contributed by atoms with Crippen molar-refractivity contribution in [1.82, 2.24) is 15.0 Å². The van der Waals surface area contributed by atoms with Gasteiger partial charge in [-0.2, -0.15) is 0 Å². The Hall–Kier alpha value is -2.82. The van der Waals surface area contributed by atoms with Crippen LogP contribution in [0.15, 0.2) is 51.9 Å². The maximum Gasteiger partial charge on any atom is 0.208 e. The molecule has 0 saturated heterocycles. The molecule has 0 amide bonds. The molecular formula is C14H7N3O2. The van der Waals surface area contributed by atoms with E-state index in [4.69, 9.17) is 4.42 Å². The minimum Gasteiger partial charge on any atom is -0.451 e. The summed E-state index contributed by atoms with van der Waals surface area (Å²) in [6.45, 7) is 0. The van der Waals surface area contributed by atoms with E-state index in [9.17, 15) is 4.79 Å². The van der Waals surface area contributed by atoms with Crippen LogP contribution in [0.4, 0.5) is 0 Å². The Bertz CT molecular complexity index is 946. The molecule has 0 aromatic carbocycles. The Morgan fingerprint density at radius 2 is 1.89 bits per heavy atom. The molecule has 2 aliphatic rings. The minimum absolute atomic E-state index is 0.170. The fraction of sp³-hybridized carbons (Fsp3) is 0. The molecule has 2 aromatic rings. The Kier molecular flexibility index (Phi) is 1.91. The van der Waals surface area contributed by atoms with E-state index >= 15 is 0 Å². The molecule has 1 aliphatic carbocycles. The van der Waals surface area contributed by atoms with Crippen LogP contribution in [0.1, 0.15) is 0 Å². The van der Waals surface area contributed by atoms with Gasteiger partial charge in [0.2, 0.25) is 5.43 Å². The number of nitrogens with zero attached hydrogens (tertiary/aromatic N) is 3. The number of pyridine rings is 2. The summed E-state index contributed by atoms with van der Waals surface area (Å²) >= 11 is 0. The Morgan fingerprint density at radius 3 is 2.84 bits per heavy atom. The summed E-state index contributed by atoms with van der Waals surface area (Å²) in [5.74, 6) is 0.450. The van der Waals surface area contributed by atoms with E-state index in [0.29, 0.717) is 33.6 Å². The summed E-state index contributed by atoms with van der Waals surface area (Å²) in [7, 11) is 0. The van der Waals surface area contributed by atoms with Gasteiger partial charge in [-0.3, -0.25) is 9.78 Å². The van der Waals surface area contributed by atoms with Crippen molar-refractivity contribution >= 4 is 22.1 Å². The lowest BCUT2D eigenvalue weighted by Crippen LogP contribution is -2.05. The third-order valence-corrected chi connectivity index (χ3v) is 2.98. The van der Waals surface area contributed by atoms with Crippen LogP contribution >= 0.6 is 0 Å². The Labute approximate surface area is 106 Å². The highest BCUT2D eigenvalue weighted by molar-refractivity contribution is 5.93. The second kappa shape index (κ2) is 3.58. The fourth-order valence-corrected chi connectivity index (χ4v) is 2.14. The number of rotatable bonds is 0. The smallest absolute Gasteiger partial charge is 0.208 e. The number of benzene rings is 1. The highest BCUT2D eigenvalue weighted by atomic mass is 16.3. The molecule has 4 rings (SSSR count). The topological polar surface area (TPSA) is 68.9 Å². The van der Waals surface area contributed by atoms with Crippen LogP contribution in [0.25, 0.3) is 33.6 Å².